The lowest BCUT2D eigenvalue weighted by atomic mass is 9.94. The lowest BCUT2D eigenvalue weighted by Gasteiger charge is -2.23. The molecule has 6 rings (SSSR count). The third-order valence-corrected chi connectivity index (χ3v) is 7.74. The van der Waals surface area contributed by atoms with Gasteiger partial charge in [-0.15, -0.1) is 0 Å². The molecule has 0 atom stereocenters. The van der Waals surface area contributed by atoms with E-state index in [4.69, 9.17) is 11.6 Å². The molecule has 0 bridgehead atoms. The van der Waals surface area contributed by atoms with E-state index in [1.807, 2.05) is 18.2 Å². The van der Waals surface area contributed by atoms with Crippen LogP contribution in [0.4, 0.5) is 0 Å². The Bertz CT molecular complexity index is 1330. The first-order valence-corrected chi connectivity index (χ1v) is 13.0. The lowest BCUT2D eigenvalue weighted by molar-refractivity contribution is 0.0922. The van der Waals surface area contributed by atoms with E-state index in [0.717, 1.165) is 77.4 Å². The summed E-state index contributed by atoms with van der Waals surface area (Å²) in [5.41, 5.74) is 7.71. The number of aromatic nitrogens is 2. The van der Waals surface area contributed by atoms with E-state index >= 15 is 0 Å². The highest BCUT2D eigenvalue weighted by atomic mass is 35.5. The molecule has 5 heteroatoms. The van der Waals surface area contributed by atoms with Crippen LogP contribution in [0.2, 0.25) is 5.02 Å². The fraction of sp³-hybridized carbons (Fsp3) is 0.345. The highest BCUT2D eigenvalue weighted by Gasteiger charge is 2.30. The molecule has 2 aromatic carbocycles. The summed E-state index contributed by atoms with van der Waals surface area (Å²) in [5, 5.41) is 4.13. The number of hydrogen-bond acceptors (Lipinski definition) is 1. The topological polar surface area (TPSA) is 38.4 Å². The number of aryl methyl sites for hydroxylation is 2. The molecule has 1 aliphatic carbocycles. The van der Waals surface area contributed by atoms with Crippen molar-refractivity contribution in [2.24, 2.45) is 0 Å². The molecule has 1 aliphatic heterocycles. The summed E-state index contributed by atoms with van der Waals surface area (Å²) >= 11 is 6.18. The Balaban J connectivity index is 1.57. The first kappa shape index (κ1) is 21.5. The first-order valence-electron chi connectivity index (χ1n) is 12.6. The van der Waals surface area contributed by atoms with Gasteiger partial charge >= 0.3 is 0 Å². The number of benzene rings is 2. The van der Waals surface area contributed by atoms with Gasteiger partial charge in [-0.05, 0) is 55.4 Å². The Morgan fingerprint density at radius 2 is 1.65 bits per heavy atom. The molecule has 2 aliphatic rings. The van der Waals surface area contributed by atoms with Gasteiger partial charge in [-0.2, -0.15) is 0 Å². The fourth-order valence-corrected chi connectivity index (χ4v) is 6.00. The van der Waals surface area contributed by atoms with Crippen LogP contribution >= 0.6 is 11.6 Å². The minimum Gasteiger partial charge on any atom is -0.348 e. The maximum Gasteiger partial charge on any atom is 0.269 e. The summed E-state index contributed by atoms with van der Waals surface area (Å²) in [6.45, 7) is 0.948. The molecule has 0 spiro atoms. The van der Waals surface area contributed by atoms with Crippen molar-refractivity contribution in [3.8, 4) is 22.4 Å². The summed E-state index contributed by atoms with van der Waals surface area (Å²) in [6.07, 6.45) is 11.2. The van der Waals surface area contributed by atoms with E-state index in [9.17, 15) is 4.79 Å². The minimum atomic E-state index is 0.0485. The molecule has 4 nitrogen and oxygen atoms in total. The van der Waals surface area contributed by atoms with Crippen molar-refractivity contribution in [1.82, 2.24) is 14.3 Å². The maximum absolute atomic E-state index is 13.9. The average Bonchev–Trinajstić information content (AvgIpc) is 3.28. The van der Waals surface area contributed by atoms with Gasteiger partial charge in [-0.25, -0.2) is 0 Å². The van der Waals surface area contributed by atoms with Crippen LogP contribution in [0.25, 0.3) is 28.0 Å². The van der Waals surface area contributed by atoms with Crippen molar-refractivity contribution in [3.05, 3.63) is 77.1 Å². The van der Waals surface area contributed by atoms with Crippen LogP contribution in [0.5, 0.6) is 0 Å². The van der Waals surface area contributed by atoms with Crippen LogP contribution in [-0.4, -0.2) is 20.9 Å². The zero-order chi connectivity index (χ0) is 23.1. The molecule has 1 N–H and O–H groups in total. The van der Waals surface area contributed by atoms with Gasteiger partial charge in [0.15, 0.2) is 0 Å². The van der Waals surface area contributed by atoms with Gasteiger partial charge in [0.2, 0.25) is 0 Å². The summed E-state index contributed by atoms with van der Waals surface area (Å²) in [6, 6.07) is 18.7. The summed E-state index contributed by atoms with van der Waals surface area (Å²) in [7, 11) is 0. The van der Waals surface area contributed by atoms with E-state index in [1.54, 1.807) is 0 Å². The molecule has 0 radical (unpaired) electrons. The molecular weight excluding hydrogens is 442 g/mol. The quantitative estimate of drug-likeness (QED) is 0.338. The third-order valence-electron chi connectivity index (χ3n) is 7.49. The summed E-state index contributed by atoms with van der Waals surface area (Å²) in [4.78, 5) is 13.9. The van der Waals surface area contributed by atoms with Crippen molar-refractivity contribution < 1.29 is 4.79 Å². The standard InChI is InChI=1S/C29H30ClN3O/c30-22-16-14-20(15-17-22)25-19-33-27(28(34)31-23-11-5-2-6-12-23)26(21-9-3-1-4-10-21)24-13-7-8-18-32(25)29(24)33/h1,3-4,9-10,14-17,19,23H,2,5-8,11-13,18H2,(H,31,34). The number of carbonyl (C=O) groups excluding carboxylic acids is 1. The Hall–Kier alpha value is -2.98. The van der Waals surface area contributed by atoms with Crippen LogP contribution in [0.3, 0.4) is 0 Å². The molecular formula is C29H30ClN3O. The molecule has 0 unspecified atom stereocenters. The summed E-state index contributed by atoms with van der Waals surface area (Å²) in [5.74, 6) is 0.0485. The number of nitrogens with one attached hydrogen (secondary N) is 1. The van der Waals surface area contributed by atoms with Gasteiger partial charge in [0.1, 0.15) is 11.3 Å². The number of nitrogens with zero attached hydrogens (tertiary/aromatic N) is 2. The molecule has 34 heavy (non-hydrogen) atoms. The van der Waals surface area contributed by atoms with Gasteiger partial charge in [0, 0.05) is 34.9 Å². The Morgan fingerprint density at radius 3 is 2.41 bits per heavy atom. The Kier molecular flexibility index (Phi) is 5.70. The predicted molar refractivity (Wildman–Crippen MR) is 139 cm³/mol. The normalized spacial score (nSPS) is 16.5. The monoisotopic (exact) mass is 471 g/mol. The number of hydrogen-bond donors (Lipinski definition) is 1. The SMILES string of the molecule is O=C(NC1CCCCC1)c1c(-c2ccccc2)c2c3n(c(-c4ccc(Cl)cc4)cn13)CCCC2. The Morgan fingerprint density at radius 1 is 0.882 bits per heavy atom. The number of rotatable bonds is 4. The zero-order valence-electron chi connectivity index (χ0n) is 19.4. The molecule has 2 aromatic heterocycles. The number of amides is 1. The second-order valence-electron chi connectivity index (χ2n) is 9.70. The Labute approximate surface area is 205 Å². The average molecular weight is 472 g/mol. The predicted octanol–water partition coefficient (Wildman–Crippen LogP) is 7.13. The largest absolute Gasteiger partial charge is 0.348 e. The van der Waals surface area contributed by atoms with E-state index in [0.29, 0.717) is 0 Å². The second kappa shape index (κ2) is 8.99. The maximum atomic E-state index is 13.9. The number of halogens is 1. The highest BCUT2D eigenvalue weighted by molar-refractivity contribution is 6.30. The van der Waals surface area contributed by atoms with Crippen molar-refractivity contribution in [2.75, 3.05) is 0 Å². The van der Waals surface area contributed by atoms with Crippen LogP contribution in [0.15, 0.2) is 60.8 Å². The van der Waals surface area contributed by atoms with E-state index in [1.165, 1.54) is 24.8 Å². The first-order chi connectivity index (χ1) is 16.7. The van der Waals surface area contributed by atoms with Crippen LogP contribution in [0, 0.1) is 0 Å². The molecule has 4 aromatic rings. The molecule has 1 saturated carbocycles. The fourth-order valence-electron chi connectivity index (χ4n) is 5.88. The van der Waals surface area contributed by atoms with E-state index in [-0.39, 0.29) is 11.9 Å². The second-order valence-corrected chi connectivity index (χ2v) is 10.1. The van der Waals surface area contributed by atoms with Gasteiger partial charge in [-0.1, -0.05) is 73.3 Å². The third kappa shape index (κ3) is 3.74. The van der Waals surface area contributed by atoms with Crippen molar-refractivity contribution in [3.63, 3.8) is 0 Å². The van der Waals surface area contributed by atoms with E-state index < -0.39 is 0 Å². The minimum absolute atomic E-state index is 0.0485. The van der Waals surface area contributed by atoms with Crippen molar-refractivity contribution in [1.29, 1.82) is 0 Å². The van der Waals surface area contributed by atoms with Crippen molar-refractivity contribution >= 4 is 23.2 Å². The van der Waals surface area contributed by atoms with Crippen LogP contribution in [0.1, 0.15) is 61.0 Å². The highest BCUT2D eigenvalue weighted by Crippen LogP contribution is 2.39. The van der Waals surface area contributed by atoms with Crippen molar-refractivity contribution in [2.45, 2.75) is 64.0 Å². The molecule has 1 fully saturated rings. The molecule has 174 valence electrons. The van der Waals surface area contributed by atoms with Gasteiger partial charge in [0.05, 0.1) is 5.69 Å². The number of carbonyl (C=O) groups is 1. The van der Waals surface area contributed by atoms with E-state index in [2.05, 4.69) is 56.9 Å². The zero-order valence-corrected chi connectivity index (χ0v) is 20.2. The summed E-state index contributed by atoms with van der Waals surface area (Å²) < 4.78 is 4.58. The molecule has 0 saturated heterocycles. The lowest BCUT2D eigenvalue weighted by Crippen LogP contribution is -2.37. The smallest absolute Gasteiger partial charge is 0.269 e. The van der Waals surface area contributed by atoms with Crippen LogP contribution < -0.4 is 5.32 Å². The van der Waals surface area contributed by atoms with Crippen LogP contribution in [-0.2, 0) is 13.0 Å². The van der Waals surface area contributed by atoms with Gasteiger partial charge in [-0.3, -0.25) is 9.20 Å². The molecule has 1 amide bonds. The molecule has 3 heterocycles. The number of imidazole rings is 1. The van der Waals surface area contributed by atoms with Gasteiger partial charge in [0.25, 0.3) is 5.91 Å². The van der Waals surface area contributed by atoms with Gasteiger partial charge < -0.3 is 9.88 Å².